The highest BCUT2D eigenvalue weighted by Gasteiger charge is 2.19. The third-order valence-corrected chi connectivity index (χ3v) is 3.80. The second-order valence-electron chi connectivity index (χ2n) is 3.71. The van der Waals surface area contributed by atoms with Crippen molar-refractivity contribution in [1.82, 2.24) is 5.32 Å². The summed E-state index contributed by atoms with van der Waals surface area (Å²) in [5.41, 5.74) is 1.59. The van der Waals surface area contributed by atoms with Crippen LogP contribution in [0.3, 0.4) is 0 Å². The summed E-state index contributed by atoms with van der Waals surface area (Å²) in [6.07, 6.45) is 5.18. The fourth-order valence-electron chi connectivity index (χ4n) is 1.97. The zero-order valence-electron chi connectivity index (χ0n) is 8.18. The van der Waals surface area contributed by atoms with E-state index >= 15 is 0 Å². The highest BCUT2D eigenvalue weighted by Crippen LogP contribution is 2.31. The van der Waals surface area contributed by atoms with Gasteiger partial charge in [0.2, 0.25) is 0 Å². The molecular weight excluding hydrogens is 178 g/mol. The van der Waals surface area contributed by atoms with Crippen LogP contribution in [-0.4, -0.2) is 6.54 Å². The molecule has 0 aliphatic carbocycles. The molecule has 1 aromatic rings. The van der Waals surface area contributed by atoms with Crippen molar-refractivity contribution in [2.75, 3.05) is 6.54 Å². The maximum atomic E-state index is 3.61. The predicted molar refractivity (Wildman–Crippen MR) is 58.3 cm³/mol. The standard InChI is InChI=1S/C11H17NS/c1-2-3-4-10-11-9(5-7-12-10)6-8-13-11/h6,8,10,12H,2-5,7H2,1H3. The van der Waals surface area contributed by atoms with Crippen molar-refractivity contribution >= 4 is 11.3 Å². The first-order chi connectivity index (χ1) is 6.42. The van der Waals surface area contributed by atoms with Gasteiger partial charge in [-0.1, -0.05) is 19.8 Å². The Labute approximate surface area is 84.2 Å². The Morgan fingerprint density at radius 3 is 3.38 bits per heavy atom. The molecule has 0 fully saturated rings. The SMILES string of the molecule is CCCCC1NCCc2ccsc21. The molecule has 1 unspecified atom stereocenters. The van der Waals surface area contributed by atoms with E-state index in [0.29, 0.717) is 6.04 Å². The number of fused-ring (bicyclic) bond motifs is 1. The van der Waals surface area contributed by atoms with Gasteiger partial charge in [-0.3, -0.25) is 0 Å². The minimum atomic E-state index is 0.656. The summed E-state index contributed by atoms with van der Waals surface area (Å²) in [6, 6.07) is 2.95. The third kappa shape index (κ3) is 1.94. The van der Waals surface area contributed by atoms with Gasteiger partial charge in [0.25, 0.3) is 0 Å². The first-order valence-corrected chi connectivity index (χ1v) is 6.09. The monoisotopic (exact) mass is 195 g/mol. The summed E-state index contributed by atoms with van der Waals surface area (Å²) in [6.45, 7) is 3.43. The second-order valence-corrected chi connectivity index (χ2v) is 4.66. The Balaban J connectivity index is 2.07. The summed E-state index contributed by atoms with van der Waals surface area (Å²) in [5.74, 6) is 0. The average Bonchev–Trinajstić information content (AvgIpc) is 2.62. The largest absolute Gasteiger partial charge is 0.309 e. The van der Waals surface area contributed by atoms with Gasteiger partial charge in [-0.15, -0.1) is 11.3 Å². The van der Waals surface area contributed by atoms with Crippen molar-refractivity contribution in [2.45, 2.75) is 38.6 Å². The van der Waals surface area contributed by atoms with Gasteiger partial charge in [0, 0.05) is 10.9 Å². The summed E-state index contributed by atoms with van der Waals surface area (Å²) < 4.78 is 0. The van der Waals surface area contributed by atoms with Gasteiger partial charge in [0.1, 0.15) is 0 Å². The van der Waals surface area contributed by atoms with Crippen LogP contribution in [0.15, 0.2) is 11.4 Å². The number of hydrogen-bond acceptors (Lipinski definition) is 2. The van der Waals surface area contributed by atoms with Crippen LogP contribution in [-0.2, 0) is 6.42 Å². The van der Waals surface area contributed by atoms with Crippen molar-refractivity contribution in [2.24, 2.45) is 0 Å². The van der Waals surface area contributed by atoms with Gasteiger partial charge in [0.05, 0.1) is 0 Å². The number of unbranched alkanes of at least 4 members (excludes halogenated alkanes) is 1. The molecule has 0 bridgehead atoms. The highest BCUT2D eigenvalue weighted by atomic mass is 32.1. The van der Waals surface area contributed by atoms with E-state index in [9.17, 15) is 0 Å². The lowest BCUT2D eigenvalue weighted by Crippen LogP contribution is -2.28. The van der Waals surface area contributed by atoms with Crippen LogP contribution in [0.5, 0.6) is 0 Å². The van der Waals surface area contributed by atoms with E-state index in [0.717, 1.165) is 6.54 Å². The van der Waals surface area contributed by atoms with Crippen LogP contribution in [0.25, 0.3) is 0 Å². The minimum absolute atomic E-state index is 0.656. The first-order valence-electron chi connectivity index (χ1n) is 5.21. The molecule has 1 atom stereocenters. The van der Waals surface area contributed by atoms with Crippen molar-refractivity contribution in [3.63, 3.8) is 0 Å². The number of hydrogen-bond donors (Lipinski definition) is 1. The van der Waals surface area contributed by atoms with E-state index in [1.165, 1.54) is 25.7 Å². The van der Waals surface area contributed by atoms with Crippen LogP contribution in [0, 0.1) is 0 Å². The molecule has 13 heavy (non-hydrogen) atoms. The Bertz CT molecular complexity index is 267. The van der Waals surface area contributed by atoms with Gasteiger partial charge >= 0.3 is 0 Å². The van der Waals surface area contributed by atoms with Gasteiger partial charge in [-0.05, 0) is 36.4 Å². The topological polar surface area (TPSA) is 12.0 Å². The fourth-order valence-corrected chi connectivity index (χ4v) is 3.04. The summed E-state index contributed by atoms with van der Waals surface area (Å²) in [5, 5.41) is 5.84. The fraction of sp³-hybridized carbons (Fsp3) is 0.636. The average molecular weight is 195 g/mol. The molecule has 0 saturated heterocycles. The first kappa shape index (κ1) is 9.22. The summed E-state index contributed by atoms with van der Waals surface area (Å²) in [4.78, 5) is 1.60. The molecule has 0 aromatic carbocycles. The smallest absolute Gasteiger partial charge is 0.0417 e. The minimum Gasteiger partial charge on any atom is -0.309 e. The van der Waals surface area contributed by atoms with E-state index in [1.807, 2.05) is 11.3 Å². The Morgan fingerprint density at radius 1 is 1.62 bits per heavy atom. The van der Waals surface area contributed by atoms with Crippen molar-refractivity contribution in [1.29, 1.82) is 0 Å². The molecule has 0 amide bonds. The van der Waals surface area contributed by atoms with Crippen LogP contribution >= 0.6 is 11.3 Å². The van der Waals surface area contributed by atoms with Crippen LogP contribution in [0.4, 0.5) is 0 Å². The molecular formula is C11H17NS. The number of rotatable bonds is 3. The lowest BCUT2D eigenvalue weighted by Gasteiger charge is -2.23. The summed E-state index contributed by atoms with van der Waals surface area (Å²) >= 11 is 1.92. The molecule has 72 valence electrons. The lowest BCUT2D eigenvalue weighted by molar-refractivity contribution is 0.468. The summed E-state index contributed by atoms with van der Waals surface area (Å²) in [7, 11) is 0. The van der Waals surface area contributed by atoms with Gasteiger partial charge in [-0.25, -0.2) is 0 Å². The van der Waals surface area contributed by atoms with Gasteiger partial charge in [-0.2, -0.15) is 0 Å². The maximum Gasteiger partial charge on any atom is 0.0417 e. The second kappa shape index (κ2) is 4.25. The molecule has 2 rings (SSSR count). The van der Waals surface area contributed by atoms with Crippen molar-refractivity contribution in [3.05, 3.63) is 21.9 Å². The molecule has 2 heterocycles. The van der Waals surface area contributed by atoms with Gasteiger partial charge < -0.3 is 5.32 Å². The van der Waals surface area contributed by atoms with Crippen LogP contribution < -0.4 is 5.32 Å². The molecule has 1 aliphatic heterocycles. The van der Waals surface area contributed by atoms with E-state index in [4.69, 9.17) is 0 Å². The van der Waals surface area contributed by atoms with E-state index in [-0.39, 0.29) is 0 Å². The number of nitrogens with one attached hydrogen (secondary N) is 1. The van der Waals surface area contributed by atoms with Gasteiger partial charge in [0.15, 0.2) is 0 Å². The van der Waals surface area contributed by atoms with Crippen molar-refractivity contribution in [3.8, 4) is 0 Å². The molecule has 0 saturated carbocycles. The molecule has 1 aliphatic rings. The maximum absolute atomic E-state index is 3.61. The molecule has 1 nitrogen and oxygen atoms in total. The van der Waals surface area contributed by atoms with E-state index in [1.54, 1.807) is 10.4 Å². The molecule has 1 N–H and O–H groups in total. The Hall–Kier alpha value is -0.340. The lowest BCUT2D eigenvalue weighted by atomic mass is 10.00. The zero-order valence-corrected chi connectivity index (χ0v) is 8.99. The quantitative estimate of drug-likeness (QED) is 0.781. The van der Waals surface area contributed by atoms with E-state index < -0.39 is 0 Å². The van der Waals surface area contributed by atoms with Crippen LogP contribution in [0.1, 0.15) is 42.7 Å². The Kier molecular flexibility index (Phi) is 3.01. The van der Waals surface area contributed by atoms with E-state index in [2.05, 4.69) is 23.7 Å². The normalized spacial score (nSPS) is 21.5. The number of thiophene rings is 1. The zero-order chi connectivity index (χ0) is 9.10. The molecule has 0 radical (unpaired) electrons. The third-order valence-electron chi connectivity index (χ3n) is 2.73. The molecule has 0 spiro atoms. The predicted octanol–water partition coefficient (Wildman–Crippen LogP) is 3.13. The van der Waals surface area contributed by atoms with Crippen LogP contribution in [0.2, 0.25) is 0 Å². The Morgan fingerprint density at radius 2 is 2.54 bits per heavy atom. The van der Waals surface area contributed by atoms with Crippen molar-refractivity contribution < 1.29 is 0 Å². The molecule has 2 heteroatoms. The molecule has 1 aromatic heterocycles. The highest BCUT2D eigenvalue weighted by molar-refractivity contribution is 7.10.